The van der Waals surface area contributed by atoms with Crippen molar-refractivity contribution in [2.75, 3.05) is 7.05 Å². The highest BCUT2D eigenvalue weighted by Gasteiger charge is 2.18. The van der Waals surface area contributed by atoms with Gasteiger partial charge >= 0.3 is 5.97 Å². The summed E-state index contributed by atoms with van der Waals surface area (Å²) in [7, 11) is 1.65. The summed E-state index contributed by atoms with van der Waals surface area (Å²) in [6.07, 6.45) is 3.10. The Morgan fingerprint density at radius 3 is 2.83 bits per heavy atom. The number of halogens is 1. The molecule has 2 aromatic rings. The summed E-state index contributed by atoms with van der Waals surface area (Å²) in [5, 5.41) is 17.4. The van der Waals surface area contributed by atoms with Crippen LogP contribution in [0.2, 0.25) is 5.02 Å². The van der Waals surface area contributed by atoms with Gasteiger partial charge in [-0.3, -0.25) is 19.0 Å². The van der Waals surface area contributed by atoms with Gasteiger partial charge in [0.25, 0.3) is 5.91 Å². The van der Waals surface area contributed by atoms with Crippen molar-refractivity contribution in [1.29, 1.82) is 0 Å². The second-order valence-corrected chi connectivity index (χ2v) is 5.43. The number of rotatable bonds is 7. The van der Waals surface area contributed by atoms with Crippen molar-refractivity contribution in [3.63, 3.8) is 0 Å². The highest BCUT2D eigenvalue weighted by molar-refractivity contribution is 6.31. The van der Waals surface area contributed by atoms with E-state index in [1.165, 1.54) is 9.58 Å². The van der Waals surface area contributed by atoms with E-state index in [1.54, 1.807) is 30.2 Å². The molecule has 1 N–H and O–H groups in total. The monoisotopic (exact) mass is 339 g/mol. The molecule has 1 amide bonds. The molecule has 2 heterocycles. The van der Waals surface area contributed by atoms with E-state index in [1.807, 2.05) is 6.92 Å². The Bertz CT molecular complexity index is 709. The second-order valence-electron chi connectivity index (χ2n) is 5.02. The number of hydrogen-bond donors (Lipinski definition) is 1. The van der Waals surface area contributed by atoms with E-state index >= 15 is 0 Å². The van der Waals surface area contributed by atoms with Crippen LogP contribution in [0.5, 0.6) is 0 Å². The van der Waals surface area contributed by atoms with Crippen LogP contribution < -0.4 is 0 Å². The molecule has 124 valence electrons. The van der Waals surface area contributed by atoms with Crippen molar-refractivity contribution in [2.24, 2.45) is 0 Å². The molecule has 0 aromatic carbocycles. The van der Waals surface area contributed by atoms with E-state index in [0.717, 1.165) is 5.69 Å². The van der Waals surface area contributed by atoms with Crippen LogP contribution in [0, 0.1) is 0 Å². The molecule has 0 unspecified atom stereocenters. The van der Waals surface area contributed by atoms with Crippen LogP contribution in [0.25, 0.3) is 0 Å². The second kappa shape index (κ2) is 7.28. The minimum atomic E-state index is -0.909. The fourth-order valence-corrected chi connectivity index (χ4v) is 2.32. The quantitative estimate of drug-likeness (QED) is 0.825. The van der Waals surface area contributed by atoms with E-state index in [-0.39, 0.29) is 24.6 Å². The first-order valence-electron chi connectivity index (χ1n) is 7.13. The molecule has 23 heavy (non-hydrogen) atoms. The summed E-state index contributed by atoms with van der Waals surface area (Å²) in [6.45, 7) is 3.14. The molecular weight excluding hydrogens is 322 g/mol. The zero-order valence-electron chi connectivity index (χ0n) is 12.9. The van der Waals surface area contributed by atoms with Gasteiger partial charge < -0.3 is 10.0 Å². The van der Waals surface area contributed by atoms with Crippen LogP contribution in [-0.4, -0.2) is 48.5 Å². The smallest absolute Gasteiger partial charge is 0.305 e. The van der Waals surface area contributed by atoms with E-state index in [0.29, 0.717) is 18.1 Å². The number of amides is 1. The number of nitrogens with zero attached hydrogens (tertiary/aromatic N) is 5. The Labute approximate surface area is 138 Å². The number of carboxylic acids is 1. The SMILES string of the molecule is CCn1ncc(Cl)c1CN(C)C(=O)c1ccn(CCC(=O)O)n1. The Morgan fingerprint density at radius 2 is 2.17 bits per heavy atom. The zero-order valence-corrected chi connectivity index (χ0v) is 13.7. The summed E-state index contributed by atoms with van der Waals surface area (Å²) in [6, 6.07) is 1.57. The van der Waals surface area contributed by atoms with Crippen molar-refractivity contribution < 1.29 is 14.7 Å². The van der Waals surface area contributed by atoms with E-state index < -0.39 is 5.97 Å². The van der Waals surface area contributed by atoms with Crippen LogP contribution in [0.4, 0.5) is 0 Å². The van der Waals surface area contributed by atoms with Gasteiger partial charge in [-0.05, 0) is 13.0 Å². The molecule has 2 aromatic heterocycles. The number of aromatic nitrogens is 4. The van der Waals surface area contributed by atoms with E-state index in [2.05, 4.69) is 10.2 Å². The molecule has 0 aliphatic heterocycles. The number of carboxylic acid groups (broad SMARTS) is 1. The predicted octanol–water partition coefficient (Wildman–Crippen LogP) is 1.50. The lowest BCUT2D eigenvalue weighted by molar-refractivity contribution is -0.137. The van der Waals surface area contributed by atoms with Crippen molar-refractivity contribution in [3.8, 4) is 0 Å². The van der Waals surface area contributed by atoms with Crippen LogP contribution in [0.3, 0.4) is 0 Å². The Kier molecular flexibility index (Phi) is 5.38. The average molecular weight is 340 g/mol. The largest absolute Gasteiger partial charge is 0.481 e. The van der Waals surface area contributed by atoms with Gasteiger partial charge in [-0.1, -0.05) is 11.6 Å². The Morgan fingerprint density at radius 1 is 1.43 bits per heavy atom. The summed E-state index contributed by atoms with van der Waals surface area (Å²) in [5.41, 5.74) is 1.02. The van der Waals surface area contributed by atoms with Crippen molar-refractivity contribution in [1.82, 2.24) is 24.5 Å². The summed E-state index contributed by atoms with van der Waals surface area (Å²) in [5.74, 6) is -1.17. The topological polar surface area (TPSA) is 93.2 Å². The van der Waals surface area contributed by atoms with Crippen molar-refractivity contribution in [2.45, 2.75) is 33.0 Å². The summed E-state index contributed by atoms with van der Waals surface area (Å²) < 4.78 is 3.18. The third-order valence-corrected chi connectivity index (χ3v) is 3.66. The first-order valence-corrected chi connectivity index (χ1v) is 7.51. The molecule has 0 fully saturated rings. The molecular formula is C14H18ClN5O3. The fourth-order valence-electron chi connectivity index (χ4n) is 2.12. The lowest BCUT2D eigenvalue weighted by atomic mass is 10.3. The maximum Gasteiger partial charge on any atom is 0.305 e. The summed E-state index contributed by atoms with van der Waals surface area (Å²) >= 11 is 6.10. The van der Waals surface area contributed by atoms with Gasteiger partial charge in [-0.15, -0.1) is 0 Å². The van der Waals surface area contributed by atoms with Crippen molar-refractivity contribution in [3.05, 3.63) is 34.9 Å². The van der Waals surface area contributed by atoms with E-state index in [9.17, 15) is 9.59 Å². The normalized spacial score (nSPS) is 10.7. The van der Waals surface area contributed by atoms with Crippen LogP contribution >= 0.6 is 11.6 Å². The van der Waals surface area contributed by atoms with Crippen molar-refractivity contribution >= 4 is 23.5 Å². The highest BCUT2D eigenvalue weighted by Crippen LogP contribution is 2.17. The lowest BCUT2D eigenvalue weighted by Crippen LogP contribution is -2.28. The molecule has 0 atom stereocenters. The number of carbonyl (C=O) groups excluding carboxylic acids is 1. The van der Waals surface area contributed by atoms with Gasteiger partial charge in [-0.25, -0.2) is 0 Å². The number of carbonyl (C=O) groups is 2. The minimum absolute atomic E-state index is 0.0452. The minimum Gasteiger partial charge on any atom is -0.481 e. The maximum atomic E-state index is 12.4. The number of aliphatic carboxylic acids is 1. The molecule has 0 spiro atoms. The summed E-state index contributed by atoms with van der Waals surface area (Å²) in [4.78, 5) is 24.4. The highest BCUT2D eigenvalue weighted by atomic mass is 35.5. The first-order chi connectivity index (χ1) is 10.9. The van der Waals surface area contributed by atoms with Gasteiger partial charge in [0.15, 0.2) is 0 Å². The lowest BCUT2D eigenvalue weighted by Gasteiger charge is -2.17. The third kappa shape index (κ3) is 4.10. The molecule has 8 nitrogen and oxygen atoms in total. The van der Waals surface area contributed by atoms with Crippen LogP contribution in [-0.2, 0) is 24.4 Å². The van der Waals surface area contributed by atoms with Gasteiger partial charge in [0.2, 0.25) is 0 Å². The van der Waals surface area contributed by atoms with Crippen LogP contribution in [0.15, 0.2) is 18.5 Å². The number of aryl methyl sites for hydroxylation is 2. The number of hydrogen-bond acceptors (Lipinski definition) is 4. The average Bonchev–Trinajstić information content (AvgIpc) is 3.12. The molecule has 0 aliphatic carbocycles. The molecule has 9 heteroatoms. The standard InChI is InChI=1S/C14H18ClN5O3/c1-3-20-12(10(15)8-16-20)9-18(2)14(23)11-4-6-19(17-11)7-5-13(21)22/h4,6,8H,3,5,7,9H2,1-2H3,(H,21,22). The fraction of sp³-hybridized carbons (Fsp3) is 0.429. The van der Waals surface area contributed by atoms with Gasteiger partial charge in [0, 0.05) is 19.8 Å². The van der Waals surface area contributed by atoms with E-state index in [4.69, 9.17) is 16.7 Å². The molecule has 0 radical (unpaired) electrons. The molecule has 2 rings (SSSR count). The first kappa shape index (κ1) is 17.0. The zero-order chi connectivity index (χ0) is 17.0. The molecule has 0 aliphatic rings. The van der Waals surface area contributed by atoms with Gasteiger partial charge in [0.1, 0.15) is 5.69 Å². The Hall–Kier alpha value is -2.35. The van der Waals surface area contributed by atoms with Gasteiger partial charge in [-0.2, -0.15) is 10.2 Å². The maximum absolute atomic E-state index is 12.4. The third-order valence-electron chi connectivity index (χ3n) is 3.35. The molecule has 0 bridgehead atoms. The Balaban J connectivity index is 2.05. The van der Waals surface area contributed by atoms with Gasteiger partial charge in [0.05, 0.1) is 36.4 Å². The molecule has 0 saturated heterocycles. The predicted molar refractivity (Wildman–Crippen MR) is 83.2 cm³/mol. The van der Waals surface area contributed by atoms with Crippen LogP contribution in [0.1, 0.15) is 29.5 Å². The molecule has 0 saturated carbocycles.